The normalized spacial score (nSPS) is 13.1. The Hall–Kier alpha value is -8.40. The van der Waals surface area contributed by atoms with E-state index in [9.17, 15) is 0 Å². The Kier molecular flexibility index (Phi) is 8.13. The Morgan fingerprint density at radius 2 is 0.688 bits per heavy atom. The van der Waals surface area contributed by atoms with Gasteiger partial charge in [0.25, 0.3) is 0 Å². The van der Waals surface area contributed by atoms with Crippen molar-refractivity contribution in [3.63, 3.8) is 0 Å². The van der Waals surface area contributed by atoms with E-state index in [1.807, 2.05) is 6.07 Å². The second kappa shape index (κ2) is 14.3. The molecule has 1 heterocycles. The maximum absolute atomic E-state index is 7.16. The van der Waals surface area contributed by atoms with Crippen LogP contribution in [-0.4, -0.2) is 0 Å². The van der Waals surface area contributed by atoms with Crippen LogP contribution in [-0.2, 0) is 5.41 Å². The number of hydrogen-bond acceptors (Lipinski definition) is 3. The van der Waals surface area contributed by atoms with E-state index in [1.165, 1.54) is 61.2 Å². The van der Waals surface area contributed by atoms with Crippen LogP contribution < -0.4 is 14.4 Å². The molecule has 1 aliphatic heterocycles. The van der Waals surface area contributed by atoms with E-state index in [4.69, 9.17) is 9.47 Å². The average molecular weight is 818 g/mol. The van der Waals surface area contributed by atoms with Gasteiger partial charge in [0.05, 0.1) is 11.1 Å². The van der Waals surface area contributed by atoms with Crippen molar-refractivity contribution in [3.8, 4) is 78.6 Å². The first-order valence-electron chi connectivity index (χ1n) is 21.9. The Morgan fingerprint density at radius 1 is 0.281 bits per heavy atom. The molecule has 0 saturated heterocycles. The lowest BCUT2D eigenvalue weighted by atomic mass is 9.70. The number of fused-ring (bicyclic) bond motifs is 13. The van der Waals surface area contributed by atoms with Gasteiger partial charge in [0, 0.05) is 23.0 Å². The van der Waals surface area contributed by atoms with Gasteiger partial charge in [-0.05, 0) is 115 Å². The Morgan fingerprint density at radius 3 is 1.22 bits per heavy atom. The van der Waals surface area contributed by atoms with E-state index in [1.54, 1.807) is 0 Å². The summed E-state index contributed by atoms with van der Waals surface area (Å²) in [5.41, 5.74) is 19.5. The molecule has 3 heteroatoms. The molecule has 0 atom stereocenters. The van der Waals surface area contributed by atoms with Crippen molar-refractivity contribution in [2.24, 2.45) is 0 Å². The van der Waals surface area contributed by atoms with Crippen molar-refractivity contribution in [1.82, 2.24) is 0 Å². The average Bonchev–Trinajstić information content (AvgIpc) is 3.85. The zero-order valence-corrected chi connectivity index (χ0v) is 34.8. The van der Waals surface area contributed by atoms with Crippen LogP contribution in [0.2, 0.25) is 0 Å². The highest BCUT2D eigenvalue weighted by Gasteiger charge is 2.53. The summed E-state index contributed by atoms with van der Waals surface area (Å²) in [6, 6.07) is 84.7. The first kappa shape index (κ1) is 36.3. The predicted molar refractivity (Wildman–Crippen MR) is 260 cm³/mol. The first-order valence-corrected chi connectivity index (χ1v) is 21.9. The molecule has 3 nitrogen and oxygen atoms in total. The van der Waals surface area contributed by atoms with Crippen molar-refractivity contribution in [2.45, 2.75) is 5.41 Å². The number of rotatable bonds is 6. The second-order valence-corrected chi connectivity index (χ2v) is 16.8. The van der Waals surface area contributed by atoms with E-state index in [-0.39, 0.29) is 0 Å². The fraction of sp³-hybridized carbons (Fsp3) is 0.0164. The molecule has 3 aliphatic rings. The molecule has 10 aromatic carbocycles. The van der Waals surface area contributed by atoms with Crippen LogP contribution in [0.3, 0.4) is 0 Å². The first-order chi connectivity index (χ1) is 31.7. The Labute approximate surface area is 372 Å². The second-order valence-electron chi connectivity index (χ2n) is 16.8. The lowest BCUT2D eigenvalue weighted by Gasteiger charge is -2.31. The van der Waals surface area contributed by atoms with Gasteiger partial charge in [0.15, 0.2) is 23.0 Å². The molecular formula is C61H39NO2. The van der Waals surface area contributed by atoms with Crippen LogP contribution in [0, 0.1) is 0 Å². The molecule has 2 aliphatic carbocycles. The quantitative estimate of drug-likeness (QED) is 0.167. The zero-order valence-electron chi connectivity index (χ0n) is 34.8. The summed E-state index contributed by atoms with van der Waals surface area (Å²) in [6.07, 6.45) is 0. The molecule has 0 radical (unpaired) electrons. The molecule has 0 amide bonds. The molecule has 10 aromatic rings. The van der Waals surface area contributed by atoms with Gasteiger partial charge in [-0.3, -0.25) is 0 Å². The maximum Gasteiger partial charge on any atom is 0.178 e. The summed E-state index contributed by atoms with van der Waals surface area (Å²) in [5.74, 6) is 2.81. The van der Waals surface area contributed by atoms with Gasteiger partial charge < -0.3 is 14.4 Å². The molecule has 0 unspecified atom stereocenters. The highest BCUT2D eigenvalue weighted by Crippen LogP contribution is 2.66. The van der Waals surface area contributed by atoms with Crippen molar-refractivity contribution >= 4 is 17.1 Å². The third-order valence-electron chi connectivity index (χ3n) is 13.4. The summed E-state index contributed by atoms with van der Waals surface area (Å²) >= 11 is 0. The number of ether oxygens (including phenoxy) is 2. The summed E-state index contributed by atoms with van der Waals surface area (Å²) < 4.78 is 13.9. The van der Waals surface area contributed by atoms with Crippen LogP contribution in [0.4, 0.5) is 17.1 Å². The van der Waals surface area contributed by atoms with Gasteiger partial charge in [-0.2, -0.15) is 0 Å². The molecule has 0 aromatic heterocycles. The van der Waals surface area contributed by atoms with Crippen molar-refractivity contribution in [1.29, 1.82) is 0 Å². The SMILES string of the molecule is c1ccc(-c2ccc(-c3ccc(N(c4ccc(-c5ccccc5)cc4)c4ccc5c(c4)Oc4c(ccc6c4-c4ccccc4C64c6ccccc6-c6ccccc64)O5)cc3)cc2)cc1. The topological polar surface area (TPSA) is 21.7 Å². The van der Waals surface area contributed by atoms with E-state index in [0.29, 0.717) is 17.2 Å². The third-order valence-corrected chi connectivity index (χ3v) is 13.4. The van der Waals surface area contributed by atoms with Crippen LogP contribution >= 0.6 is 0 Å². The van der Waals surface area contributed by atoms with Gasteiger partial charge in [-0.25, -0.2) is 0 Å². The molecule has 0 N–H and O–H groups in total. The van der Waals surface area contributed by atoms with E-state index in [2.05, 4.69) is 235 Å². The summed E-state index contributed by atoms with van der Waals surface area (Å²) in [4.78, 5) is 2.29. The van der Waals surface area contributed by atoms with Crippen LogP contribution in [0.15, 0.2) is 237 Å². The molecule has 64 heavy (non-hydrogen) atoms. The Balaban J connectivity index is 0.909. The lowest BCUT2D eigenvalue weighted by molar-refractivity contribution is 0.360. The molecular weight excluding hydrogens is 779 g/mol. The van der Waals surface area contributed by atoms with Gasteiger partial charge in [0.1, 0.15) is 0 Å². The lowest BCUT2D eigenvalue weighted by Crippen LogP contribution is -2.25. The Bertz CT molecular complexity index is 3370. The minimum absolute atomic E-state index is 0.474. The summed E-state index contributed by atoms with van der Waals surface area (Å²) in [5, 5.41) is 0. The summed E-state index contributed by atoms with van der Waals surface area (Å²) in [7, 11) is 0. The largest absolute Gasteiger partial charge is 0.449 e. The maximum atomic E-state index is 7.16. The molecule has 0 bridgehead atoms. The highest BCUT2D eigenvalue weighted by atomic mass is 16.6. The number of anilines is 3. The van der Waals surface area contributed by atoms with Gasteiger partial charge in [0.2, 0.25) is 0 Å². The van der Waals surface area contributed by atoms with Crippen LogP contribution in [0.25, 0.3) is 55.6 Å². The van der Waals surface area contributed by atoms with E-state index in [0.717, 1.165) is 39.5 Å². The molecule has 0 saturated carbocycles. The number of hydrogen-bond donors (Lipinski definition) is 0. The summed E-state index contributed by atoms with van der Waals surface area (Å²) in [6.45, 7) is 0. The fourth-order valence-corrected chi connectivity index (χ4v) is 10.5. The number of benzene rings is 10. The standard InChI is InChI=1S/C61H39NO2/c1-3-13-40(14-4-1)42-23-25-43(26-24-42)45-29-33-47(34-30-45)62(46-31-27-44(28-32-46)41-15-5-2-6-16-41)48-35-37-56-58(39-48)64-60-57(63-56)38-36-55-59(60)51-19-9-12-22-54(51)61(55)52-20-10-7-17-49(52)50-18-8-11-21-53(50)61/h1-39H. The van der Waals surface area contributed by atoms with Crippen molar-refractivity contribution in [2.75, 3.05) is 4.90 Å². The van der Waals surface area contributed by atoms with E-state index < -0.39 is 5.41 Å². The molecule has 13 rings (SSSR count). The van der Waals surface area contributed by atoms with Crippen LogP contribution in [0.5, 0.6) is 23.0 Å². The predicted octanol–water partition coefficient (Wildman–Crippen LogP) is 16.4. The van der Waals surface area contributed by atoms with Gasteiger partial charge in [-0.15, -0.1) is 0 Å². The minimum atomic E-state index is -0.474. The van der Waals surface area contributed by atoms with E-state index >= 15 is 0 Å². The zero-order chi connectivity index (χ0) is 42.2. The van der Waals surface area contributed by atoms with Crippen molar-refractivity contribution in [3.05, 3.63) is 259 Å². The number of nitrogens with zero attached hydrogens (tertiary/aromatic N) is 1. The monoisotopic (exact) mass is 817 g/mol. The minimum Gasteiger partial charge on any atom is -0.449 e. The van der Waals surface area contributed by atoms with Gasteiger partial charge in [-0.1, -0.05) is 188 Å². The third kappa shape index (κ3) is 5.47. The molecule has 1 spiro atoms. The molecule has 0 fully saturated rings. The highest BCUT2D eigenvalue weighted by molar-refractivity contribution is 5.98. The van der Waals surface area contributed by atoms with Crippen molar-refractivity contribution < 1.29 is 9.47 Å². The smallest absolute Gasteiger partial charge is 0.178 e. The molecule has 300 valence electrons. The fourth-order valence-electron chi connectivity index (χ4n) is 10.5. The van der Waals surface area contributed by atoms with Crippen LogP contribution in [0.1, 0.15) is 22.3 Å². The van der Waals surface area contributed by atoms with Gasteiger partial charge >= 0.3 is 0 Å².